The zero-order valence-electron chi connectivity index (χ0n) is 9.29. The Kier molecular flexibility index (Phi) is 4.37. The third-order valence-corrected chi connectivity index (χ3v) is 3.46. The third kappa shape index (κ3) is 3.10. The number of hydrogen-bond donors (Lipinski definition) is 1. The van der Waals surface area contributed by atoms with E-state index in [1.165, 1.54) is 6.07 Å². The van der Waals surface area contributed by atoms with E-state index < -0.39 is 5.82 Å². The summed E-state index contributed by atoms with van der Waals surface area (Å²) in [6, 6.07) is 10.1. The van der Waals surface area contributed by atoms with Gasteiger partial charge in [-0.2, -0.15) is 0 Å². The van der Waals surface area contributed by atoms with Crippen molar-refractivity contribution >= 4 is 31.9 Å². The van der Waals surface area contributed by atoms with Crippen LogP contribution in [-0.4, -0.2) is 0 Å². The Morgan fingerprint density at radius 1 is 1.06 bits per heavy atom. The van der Waals surface area contributed by atoms with Crippen molar-refractivity contribution in [1.29, 1.82) is 0 Å². The molecule has 0 spiro atoms. The molecule has 2 rings (SSSR count). The smallest absolute Gasteiger partial charge is 0.166 e. The number of halogens is 3. The minimum Gasteiger partial charge on any atom is -0.453 e. The van der Waals surface area contributed by atoms with E-state index in [0.717, 1.165) is 10.0 Å². The summed E-state index contributed by atoms with van der Waals surface area (Å²) in [6.45, 7) is 0.450. The Morgan fingerprint density at radius 3 is 2.39 bits per heavy atom. The van der Waals surface area contributed by atoms with E-state index >= 15 is 0 Å². The Labute approximate surface area is 121 Å². The SMILES string of the molecule is NCc1ccc(Oc2ccc(Br)cc2F)c(Br)c1. The van der Waals surface area contributed by atoms with Gasteiger partial charge in [-0.3, -0.25) is 0 Å². The maximum absolute atomic E-state index is 13.6. The summed E-state index contributed by atoms with van der Waals surface area (Å²) >= 11 is 6.57. The van der Waals surface area contributed by atoms with E-state index in [4.69, 9.17) is 10.5 Å². The Balaban J connectivity index is 2.28. The summed E-state index contributed by atoms with van der Waals surface area (Å²) in [5.41, 5.74) is 6.51. The first-order valence-corrected chi connectivity index (χ1v) is 6.80. The van der Waals surface area contributed by atoms with E-state index in [-0.39, 0.29) is 5.75 Å². The van der Waals surface area contributed by atoms with Crippen molar-refractivity contribution in [3.8, 4) is 11.5 Å². The predicted molar refractivity (Wildman–Crippen MR) is 76.2 cm³/mol. The quantitative estimate of drug-likeness (QED) is 0.851. The van der Waals surface area contributed by atoms with Gasteiger partial charge in [-0.05, 0) is 51.8 Å². The molecule has 2 nitrogen and oxygen atoms in total. The lowest BCUT2D eigenvalue weighted by molar-refractivity contribution is 0.439. The molecule has 2 aromatic carbocycles. The Bertz CT molecular complexity index is 575. The van der Waals surface area contributed by atoms with E-state index in [0.29, 0.717) is 16.8 Å². The van der Waals surface area contributed by atoms with Crippen LogP contribution in [0.5, 0.6) is 11.5 Å². The third-order valence-electron chi connectivity index (χ3n) is 2.35. The normalized spacial score (nSPS) is 10.4. The first kappa shape index (κ1) is 13.5. The molecule has 0 saturated heterocycles. The van der Waals surface area contributed by atoms with Gasteiger partial charge in [0.15, 0.2) is 11.6 Å². The lowest BCUT2D eigenvalue weighted by atomic mass is 10.2. The topological polar surface area (TPSA) is 35.2 Å². The molecule has 2 N–H and O–H groups in total. The van der Waals surface area contributed by atoms with Gasteiger partial charge in [-0.25, -0.2) is 4.39 Å². The van der Waals surface area contributed by atoms with Gasteiger partial charge in [0.1, 0.15) is 5.75 Å². The molecule has 0 unspecified atom stereocenters. The lowest BCUT2D eigenvalue weighted by Gasteiger charge is -2.09. The van der Waals surface area contributed by atoms with E-state index in [9.17, 15) is 4.39 Å². The highest BCUT2D eigenvalue weighted by molar-refractivity contribution is 9.10. The summed E-state index contributed by atoms with van der Waals surface area (Å²) in [5, 5.41) is 0. The molecular formula is C13H10Br2FNO. The number of rotatable bonds is 3. The number of hydrogen-bond acceptors (Lipinski definition) is 2. The van der Waals surface area contributed by atoms with Crippen molar-refractivity contribution in [3.63, 3.8) is 0 Å². The zero-order valence-corrected chi connectivity index (χ0v) is 12.5. The highest BCUT2D eigenvalue weighted by Crippen LogP contribution is 2.32. The minimum atomic E-state index is -0.417. The van der Waals surface area contributed by atoms with Crippen LogP contribution in [0.25, 0.3) is 0 Å². The highest BCUT2D eigenvalue weighted by atomic mass is 79.9. The second-order valence-electron chi connectivity index (χ2n) is 3.65. The van der Waals surface area contributed by atoms with Crippen molar-refractivity contribution in [2.24, 2.45) is 5.73 Å². The molecule has 5 heteroatoms. The van der Waals surface area contributed by atoms with Crippen LogP contribution in [0.4, 0.5) is 4.39 Å². The van der Waals surface area contributed by atoms with Crippen LogP contribution in [0.2, 0.25) is 0 Å². The Hall–Kier alpha value is -0.910. The van der Waals surface area contributed by atoms with Crippen LogP contribution in [0.3, 0.4) is 0 Å². The summed E-state index contributed by atoms with van der Waals surface area (Å²) in [5.74, 6) is 0.312. The number of ether oxygens (including phenoxy) is 1. The van der Waals surface area contributed by atoms with Crippen LogP contribution in [0.1, 0.15) is 5.56 Å². The van der Waals surface area contributed by atoms with Gasteiger partial charge >= 0.3 is 0 Å². The molecular weight excluding hydrogens is 365 g/mol. The fourth-order valence-electron chi connectivity index (χ4n) is 1.43. The van der Waals surface area contributed by atoms with Crippen molar-refractivity contribution in [3.05, 3.63) is 56.7 Å². The highest BCUT2D eigenvalue weighted by Gasteiger charge is 2.08. The minimum absolute atomic E-state index is 0.180. The molecule has 0 heterocycles. The molecule has 0 bridgehead atoms. The second-order valence-corrected chi connectivity index (χ2v) is 5.42. The van der Waals surface area contributed by atoms with Crippen molar-refractivity contribution in [1.82, 2.24) is 0 Å². The van der Waals surface area contributed by atoms with E-state index in [1.807, 2.05) is 12.1 Å². The molecule has 0 fully saturated rings. The Morgan fingerprint density at radius 2 is 1.78 bits per heavy atom. The van der Waals surface area contributed by atoms with Crippen LogP contribution in [0.15, 0.2) is 45.3 Å². The molecule has 0 aliphatic carbocycles. The van der Waals surface area contributed by atoms with Gasteiger partial charge in [-0.15, -0.1) is 0 Å². The molecule has 0 aliphatic heterocycles. The zero-order chi connectivity index (χ0) is 13.1. The fourth-order valence-corrected chi connectivity index (χ4v) is 2.27. The second kappa shape index (κ2) is 5.82. The fraction of sp³-hybridized carbons (Fsp3) is 0.0769. The van der Waals surface area contributed by atoms with Gasteiger partial charge in [0.2, 0.25) is 0 Å². The molecule has 94 valence electrons. The molecule has 2 aromatic rings. The average Bonchev–Trinajstić information content (AvgIpc) is 2.34. The molecule has 0 atom stereocenters. The van der Waals surface area contributed by atoms with Gasteiger partial charge in [0.05, 0.1) is 4.47 Å². The van der Waals surface area contributed by atoms with Gasteiger partial charge in [-0.1, -0.05) is 22.0 Å². The average molecular weight is 375 g/mol. The summed E-state index contributed by atoms with van der Waals surface area (Å²) in [4.78, 5) is 0. The molecule has 0 aliphatic rings. The number of benzene rings is 2. The standard InChI is InChI=1S/C13H10Br2FNO/c14-9-2-4-13(11(16)6-9)18-12-3-1-8(7-17)5-10(12)15/h1-6H,7,17H2. The van der Waals surface area contributed by atoms with Crippen molar-refractivity contribution in [2.45, 2.75) is 6.54 Å². The van der Waals surface area contributed by atoms with Gasteiger partial charge in [0, 0.05) is 11.0 Å². The first-order valence-electron chi connectivity index (χ1n) is 5.21. The van der Waals surface area contributed by atoms with Crippen molar-refractivity contribution < 1.29 is 9.13 Å². The monoisotopic (exact) mass is 373 g/mol. The maximum atomic E-state index is 13.6. The predicted octanol–water partition coefficient (Wildman–Crippen LogP) is 4.60. The van der Waals surface area contributed by atoms with E-state index in [2.05, 4.69) is 31.9 Å². The summed E-state index contributed by atoms with van der Waals surface area (Å²) in [6.07, 6.45) is 0. The summed E-state index contributed by atoms with van der Waals surface area (Å²) in [7, 11) is 0. The molecule has 0 amide bonds. The van der Waals surface area contributed by atoms with Crippen LogP contribution in [-0.2, 0) is 6.54 Å². The largest absolute Gasteiger partial charge is 0.453 e. The summed E-state index contributed by atoms with van der Waals surface area (Å²) < 4.78 is 20.5. The molecule has 0 radical (unpaired) electrons. The first-order chi connectivity index (χ1) is 8.60. The van der Waals surface area contributed by atoms with Gasteiger partial charge in [0.25, 0.3) is 0 Å². The lowest BCUT2D eigenvalue weighted by Crippen LogP contribution is -1.96. The number of nitrogens with two attached hydrogens (primary N) is 1. The van der Waals surface area contributed by atoms with Gasteiger partial charge < -0.3 is 10.5 Å². The maximum Gasteiger partial charge on any atom is 0.166 e. The van der Waals surface area contributed by atoms with E-state index in [1.54, 1.807) is 18.2 Å². The van der Waals surface area contributed by atoms with Crippen LogP contribution < -0.4 is 10.5 Å². The van der Waals surface area contributed by atoms with Crippen LogP contribution in [0, 0.1) is 5.82 Å². The molecule has 0 saturated carbocycles. The van der Waals surface area contributed by atoms with Crippen molar-refractivity contribution in [2.75, 3.05) is 0 Å². The molecule has 18 heavy (non-hydrogen) atoms. The van der Waals surface area contributed by atoms with Crippen LogP contribution >= 0.6 is 31.9 Å². The molecule has 0 aromatic heterocycles.